The highest BCUT2D eigenvalue weighted by atomic mass is 16.4. The Morgan fingerprint density at radius 3 is 1.39 bits per heavy atom. The highest BCUT2D eigenvalue weighted by Gasteiger charge is 2.29. The van der Waals surface area contributed by atoms with Gasteiger partial charge in [-0.15, -0.1) is 0 Å². The number of carboxylic acid groups (broad SMARTS) is 2. The number of hydrogen-bond acceptors (Lipinski definition) is 5. The Labute approximate surface area is 183 Å². The summed E-state index contributed by atoms with van der Waals surface area (Å²) in [6.45, 7) is 5.84. The summed E-state index contributed by atoms with van der Waals surface area (Å²) >= 11 is 0. The van der Waals surface area contributed by atoms with Crippen LogP contribution < -0.4 is 0 Å². The number of aliphatic hydroxyl groups excluding tert-OH is 2. The lowest BCUT2D eigenvalue weighted by atomic mass is 10.1. The number of nitrogens with zero attached hydrogens (tertiary/aromatic N) is 1. The van der Waals surface area contributed by atoms with E-state index in [4.69, 9.17) is 20.4 Å². The van der Waals surface area contributed by atoms with Crippen LogP contribution in [0.25, 0.3) is 0 Å². The van der Waals surface area contributed by atoms with Gasteiger partial charge in [0.1, 0.15) is 0 Å². The number of aryl methyl sites for hydroxylation is 2. The molecule has 2 atom stereocenters. The predicted octanol–water partition coefficient (Wildman–Crippen LogP) is 2.45. The van der Waals surface area contributed by atoms with E-state index in [2.05, 4.69) is 72.5 Å². The first-order valence-electron chi connectivity index (χ1n) is 10.5. The summed E-state index contributed by atoms with van der Waals surface area (Å²) in [6.07, 6.45) is 0.355. The van der Waals surface area contributed by atoms with Crippen LogP contribution in [-0.4, -0.2) is 69.1 Å². The highest BCUT2D eigenvalue weighted by Crippen LogP contribution is 2.06. The van der Waals surface area contributed by atoms with E-state index < -0.39 is 24.1 Å². The number of benzene rings is 2. The van der Waals surface area contributed by atoms with Crippen molar-refractivity contribution in [3.8, 4) is 0 Å². The van der Waals surface area contributed by atoms with Crippen molar-refractivity contribution >= 4 is 11.9 Å². The average molecular weight is 432 g/mol. The van der Waals surface area contributed by atoms with Crippen molar-refractivity contribution < 1.29 is 30.0 Å². The van der Waals surface area contributed by atoms with E-state index in [9.17, 15) is 9.59 Å². The molecule has 4 N–H and O–H groups in total. The Hall–Kier alpha value is -2.74. The predicted molar refractivity (Wildman–Crippen MR) is 119 cm³/mol. The molecule has 0 radical (unpaired) electrons. The third kappa shape index (κ3) is 11.3. The number of carbonyl (C=O) groups is 2. The summed E-state index contributed by atoms with van der Waals surface area (Å²) in [6, 6.07) is 21.6. The van der Waals surface area contributed by atoms with Crippen molar-refractivity contribution in [1.82, 2.24) is 4.90 Å². The monoisotopic (exact) mass is 431 g/mol. The molecule has 2 aromatic rings. The maximum absolute atomic E-state index is 9.77. The first kappa shape index (κ1) is 26.3. The van der Waals surface area contributed by atoms with E-state index in [0.29, 0.717) is 0 Å². The van der Waals surface area contributed by atoms with E-state index in [-0.39, 0.29) is 0 Å². The van der Waals surface area contributed by atoms with E-state index in [1.54, 1.807) is 0 Å². The Morgan fingerprint density at radius 1 is 0.742 bits per heavy atom. The summed E-state index contributed by atoms with van der Waals surface area (Å²) < 4.78 is 0. The van der Waals surface area contributed by atoms with Gasteiger partial charge in [0.25, 0.3) is 0 Å². The largest absolute Gasteiger partial charge is 0.479 e. The van der Waals surface area contributed by atoms with Crippen LogP contribution in [0.3, 0.4) is 0 Å². The van der Waals surface area contributed by atoms with Gasteiger partial charge in [-0.1, -0.05) is 67.6 Å². The second-order valence-corrected chi connectivity index (χ2v) is 7.18. The van der Waals surface area contributed by atoms with Crippen molar-refractivity contribution in [2.75, 3.05) is 19.6 Å². The molecule has 0 unspecified atom stereocenters. The molecule has 7 heteroatoms. The van der Waals surface area contributed by atoms with Gasteiger partial charge in [-0.05, 0) is 56.4 Å². The summed E-state index contributed by atoms with van der Waals surface area (Å²) in [4.78, 5) is 22.1. The quantitative estimate of drug-likeness (QED) is 0.408. The number of aliphatic hydroxyl groups is 2. The van der Waals surface area contributed by atoms with Crippen LogP contribution in [0.1, 0.15) is 30.9 Å². The maximum Gasteiger partial charge on any atom is 0.335 e. The molecule has 0 saturated carbocycles. The van der Waals surface area contributed by atoms with E-state index in [0.717, 1.165) is 6.54 Å². The SMILES string of the molecule is CCN(CCCc1ccccc1)CCCc1ccccc1.O=C(O)[C@H](O)[C@@H](O)C(=O)O. The maximum atomic E-state index is 9.77. The third-order valence-electron chi connectivity index (χ3n) is 4.82. The van der Waals surface area contributed by atoms with Crippen molar-refractivity contribution in [2.45, 2.75) is 44.8 Å². The molecule has 0 aromatic heterocycles. The Kier molecular flexibility index (Phi) is 12.8. The first-order chi connectivity index (χ1) is 14.8. The molecule has 2 aromatic carbocycles. The fourth-order valence-electron chi connectivity index (χ4n) is 3.00. The van der Waals surface area contributed by atoms with E-state index in [1.807, 2.05) is 0 Å². The molecule has 0 aliphatic rings. The van der Waals surface area contributed by atoms with Gasteiger partial charge in [0, 0.05) is 0 Å². The van der Waals surface area contributed by atoms with Crippen LogP contribution in [0.5, 0.6) is 0 Å². The normalized spacial score (nSPS) is 12.5. The smallest absolute Gasteiger partial charge is 0.335 e. The lowest BCUT2D eigenvalue weighted by Gasteiger charge is -2.20. The van der Waals surface area contributed by atoms with E-state index >= 15 is 0 Å². The van der Waals surface area contributed by atoms with Crippen LogP contribution in [0.15, 0.2) is 60.7 Å². The molecule has 0 amide bonds. The van der Waals surface area contributed by atoms with Gasteiger partial charge in [0.15, 0.2) is 12.2 Å². The highest BCUT2D eigenvalue weighted by molar-refractivity contribution is 5.83. The molecule has 0 bridgehead atoms. The number of hydrogen-bond donors (Lipinski definition) is 4. The molecule has 170 valence electrons. The Bertz CT molecular complexity index is 690. The Balaban J connectivity index is 0.000000407. The van der Waals surface area contributed by atoms with Gasteiger partial charge >= 0.3 is 11.9 Å². The van der Waals surface area contributed by atoms with Crippen molar-refractivity contribution in [3.63, 3.8) is 0 Å². The summed E-state index contributed by atoms with van der Waals surface area (Å²) in [5.41, 5.74) is 2.91. The molecular weight excluding hydrogens is 398 g/mol. The molecule has 2 rings (SSSR count). The second kappa shape index (κ2) is 15.1. The van der Waals surface area contributed by atoms with Crippen molar-refractivity contribution in [2.24, 2.45) is 0 Å². The summed E-state index contributed by atoms with van der Waals surface area (Å²) in [5, 5.41) is 32.5. The molecule has 0 aliphatic heterocycles. The fourth-order valence-corrected chi connectivity index (χ4v) is 3.00. The van der Waals surface area contributed by atoms with Crippen LogP contribution in [0.4, 0.5) is 0 Å². The molecule has 0 heterocycles. The zero-order valence-electron chi connectivity index (χ0n) is 17.9. The van der Waals surface area contributed by atoms with Crippen LogP contribution in [0.2, 0.25) is 0 Å². The standard InChI is InChI=1S/C20H27N.C4H6O6/c1-2-21(17-9-15-19-11-5-3-6-12-19)18-10-16-20-13-7-4-8-14-20;5-1(3(7)8)2(6)4(9)10/h3-8,11-14H,2,9-10,15-18H2,1H3;1-2,5-6H,(H,7,8)(H,9,10)/t;1-,2-/m.1/s1. The average Bonchev–Trinajstić information content (AvgIpc) is 2.78. The third-order valence-corrected chi connectivity index (χ3v) is 4.82. The topological polar surface area (TPSA) is 118 Å². The molecule has 0 spiro atoms. The van der Waals surface area contributed by atoms with Crippen LogP contribution >= 0.6 is 0 Å². The Morgan fingerprint density at radius 2 is 1.10 bits per heavy atom. The van der Waals surface area contributed by atoms with Gasteiger partial charge in [-0.25, -0.2) is 9.59 Å². The number of rotatable bonds is 12. The van der Waals surface area contributed by atoms with Gasteiger partial charge in [-0.2, -0.15) is 0 Å². The minimum atomic E-state index is -2.27. The lowest BCUT2D eigenvalue weighted by Crippen LogP contribution is -2.39. The number of aliphatic carboxylic acids is 2. The van der Waals surface area contributed by atoms with Crippen LogP contribution in [0, 0.1) is 0 Å². The molecule has 0 fully saturated rings. The van der Waals surface area contributed by atoms with Gasteiger partial charge < -0.3 is 25.3 Å². The minimum absolute atomic E-state index is 1.16. The van der Waals surface area contributed by atoms with Crippen LogP contribution in [-0.2, 0) is 22.4 Å². The molecule has 7 nitrogen and oxygen atoms in total. The van der Waals surface area contributed by atoms with Gasteiger partial charge in [0.2, 0.25) is 0 Å². The molecule has 0 saturated heterocycles. The fraction of sp³-hybridized carbons (Fsp3) is 0.417. The second-order valence-electron chi connectivity index (χ2n) is 7.18. The van der Waals surface area contributed by atoms with Crippen molar-refractivity contribution in [3.05, 3.63) is 71.8 Å². The molecular formula is C24H33NO6. The van der Waals surface area contributed by atoms with Gasteiger partial charge in [0.05, 0.1) is 0 Å². The summed E-state index contributed by atoms with van der Waals surface area (Å²) in [7, 11) is 0. The zero-order valence-corrected chi connectivity index (χ0v) is 17.9. The number of carboxylic acids is 2. The lowest BCUT2D eigenvalue weighted by molar-refractivity contribution is -0.165. The van der Waals surface area contributed by atoms with Gasteiger partial charge in [-0.3, -0.25) is 0 Å². The first-order valence-corrected chi connectivity index (χ1v) is 10.5. The van der Waals surface area contributed by atoms with E-state index in [1.165, 1.54) is 49.9 Å². The molecule has 31 heavy (non-hydrogen) atoms. The zero-order chi connectivity index (χ0) is 23.1. The van der Waals surface area contributed by atoms with Crippen molar-refractivity contribution in [1.29, 1.82) is 0 Å². The minimum Gasteiger partial charge on any atom is -0.479 e. The molecule has 0 aliphatic carbocycles. The summed E-state index contributed by atoms with van der Waals surface area (Å²) in [5.74, 6) is -3.54.